The Morgan fingerprint density at radius 2 is 1.71 bits per heavy atom. The number of nitrogens with zero attached hydrogens (tertiary/aromatic N) is 2. The fourth-order valence-electron chi connectivity index (χ4n) is 4.15. The van der Waals surface area contributed by atoms with Gasteiger partial charge in [0.05, 0.1) is 5.56 Å². The van der Waals surface area contributed by atoms with Crippen molar-refractivity contribution in [2.75, 3.05) is 50.9 Å². The fourth-order valence-corrected chi connectivity index (χ4v) is 4.15. The van der Waals surface area contributed by atoms with E-state index < -0.39 is 5.60 Å². The minimum atomic E-state index is -0.473. The lowest BCUT2D eigenvalue weighted by molar-refractivity contribution is 0.0278. The summed E-state index contributed by atoms with van der Waals surface area (Å²) in [7, 11) is 3.60. The van der Waals surface area contributed by atoms with Crippen LogP contribution in [0.2, 0.25) is 0 Å². The summed E-state index contributed by atoms with van der Waals surface area (Å²) >= 11 is 0. The molecule has 1 saturated heterocycles. The predicted molar refractivity (Wildman–Crippen MR) is 138 cm³/mol. The number of nitrogens with one attached hydrogen (secondary N) is 2. The van der Waals surface area contributed by atoms with E-state index in [1.165, 1.54) is 5.56 Å². The Balaban J connectivity index is 1.46. The number of carbonyl (C=O) groups is 2. The third-order valence-electron chi connectivity index (χ3n) is 6.13. The molecule has 7 heteroatoms. The second-order valence-electron chi connectivity index (χ2n) is 9.89. The average Bonchev–Trinajstić information content (AvgIpc) is 2.82. The number of para-hydroxylation sites is 1. The molecule has 2 aromatic rings. The van der Waals surface area contributed by atoms with Gasteiger partial charge in [0, 0.05) is 38.6 Å². The first-order valence-corrected chi connectivity index (χ1v) is 12.0. The van der Waals surface area contributed by atoms with Gasteiger partial charge in [-0.3, -0.25) is 4.79 Å². The minimum Gasteiger partial charge on any atom is -0.444 e. The molecule has 0 aliphatic carbocycles. The SMILES string of the molecule is CNc1ccccc1C(=O)Nc1ccc(C2CCN(CCN(C)C(=O)OC(C)(C)C)CC2)cc1. The van der Waals surface area contributed by atoms with Crippen LogP contribution in [-0.4, -0.2) is 67.7 Å². The number of hydrogen-bond acceptors (Lipinski definition) is 5. The summed E-state index contributed by atoms with van der Waals surface area (Å²) in [5.74, 6) is 0.386. The molecule has 0 unspecified atom stereocenters. The van der Waals surface area contributed by atoms with Crippen LogP contribution >= 0.6 is 0 Å². The van der Waals surface area contributed by atoms with Gasteiger partial charge < -0.3 is 25.2 Å². The standard InChI is InChI=1S/C27H38N4O3/c1-27(2,3)34-26(33)30(5)18-19-31-16-14-21(15-17-31)20-10-12-22(13-11-20)29-25(32)23-8-6-7-9-24(23)28-4/h6-13,21,28H,14-19H2,1-5H3,(H,29,32). The molecule has 184 valence electrons. The van der Waals surface area contributed by atoms with E-state index in [4.69, 9.17) is 4.74 Å². The van der Waals surface area contributed by atoms with Gasteiger partial charge in [0.15, 0.2) is 0 Å². The zero-order valence-electron chi connectivity index (χ0n) is 21.1. The Morgan fingerprint density at radius 3 is 2.32 bits per heavy atom. The summed E-state index contributed by atoms with van der Waals surface area (Å²) in [4.78, 5) is 28.8. The maximum atomic E-state index is 12.6. The largest absolute Gasteiger partial charge is 0.444 e. The maximum absolute atomic E-state index is 12.6. The highest BCUT2D eigenvalue weighted by molar-refractivity contribution is 6.08. The van der Waals surface area contributed by atoms with Gasteiger partial charge in [-0.25, -0.2) is 4.79 Å². The molecule has 1 aliphatic heterocycles. The highest BCUT2D eigenvalue weighted by Gasteiger charge is 2.23. The molecule has 0 radical (unpaired) electrons. The van der Waals surface area contributed by atoms with Crippen LogP contribution in [-0.2, 0) is 4.74 Å². The van der Waals surface area contributed by atoms with E-state index >= 15 is 0 Å². The van der Waals surface area contributed by atoms with Gasteiger partial charge in [0.1, 0.15) is 5.60 Å². The van der Waals surface area contributed by atoms with Crippen LogP contribution in [0, 0.1) is 0 Å². The first-order chi connectivity index (χ1) is 16.2. The molecule has 1 aliphatic rings. The van der Waals surface area contributed by atoms with E-state index in [9.17, 15) is 9.59 Å². The molecule has 0 atom stereocenters. The topological polar surface area (TPSA) is 73.9 Å². The molecule has 0 spiro atoms. The van der Waals surface area contributed by atoms with Crippen molar-refractivity contribution in [3.8, 4) is 0 Å². The van der Waals surface area contributed by atoms with E-state index in [1.807, 2.05) is 64.2 Å². The van der Waals surface area contributed by atoms with E-state index in [2.05, 4.69) is 27.7 Å². The molecular weight excluding hydrogens is 428 g/mol. The van der Waals surface area contributed by atoms with Crippen LogP contribution in [0.3, 0.4) is 0 Å². The number of benzene rings is 2. The number of piperidine rings is 1. The minimum absolute atomic E-state index is 0.123. The number of hydrogen-bond donors (Lipinski definition) is 2. The summed E-state index contributed by atoms with van der Waals surface area (Å²) in [6.07, 6.45) is 1.89. The van der Waals surface area contributed by atoms with Crippen molar-refractivity contribution < 1.29 is 14.3 Å². The quantitative estimate of drug-likeness (QED) is 0.599. The molecule has 1 heterocycles. The molecule has 7 nitrogen and oxygen atoms in total. The third kappa shape index (κ3) is 7.22. The number of anilines is 2. The lowest BCUT2D eigenvalue weighted by Gasteiger charge is -2.33. The molecule has 2 aromatic carbocycles. The average molecular weight is 467 g/mol. The van der Waals surface area contributed by atoms with Crippen molar-refractivity contribution in [3.63, 3.8) is 0 Å². The second kappa shape index (κ2) is 11.4. The van der Waals surface area contributed by atoms with Crippen molar-refractivity contribution in [2.24, 2.45) is 0 Å². The van der Waals surface area contributed by atoms with Crippen molar-refractivity contribution >= 4 is 23.4 Å². The van der Waals surface area contributed by atoms with E-state index in [1.54, 1.807) is 11.9 Å². The monoisotopic (exact) mass is 466 g/mol. The molecule has 34 heavy (non-hydrogen) atoms. The van der Waals surface area contributed by atoms with Crippen molar-refractivity contribution in [2.45, 2.75) is 45.1 Å². The van der Waals surface area contributed by atoms with Gasteiger partial charge in [-0.2, -0.15) is 0 Å². The van der Waals surface area contributed by atoms with Gasteiger partial charge in [-0.1, -0.05) is 24.3 Å². The van der Waals surface area contributed by atoms with Gasteiger partial charge in [-0.05, 0) is 82.4 Å². The van der Waals surface area contributed by atoms with Crippen LogP contribution in [0.25, 0.3) is 0 Å². The Kier molecular flexibility index (Phi) is 8.56. The second-order valence-corrected chi connectivity index (χ2v) is 9.89. The predicted octanol–water partition coefficient (Wildman–Crippen LogP) is 5.03. The first kappa shape index (κ1) is 25.6. The normalized spacial score (nSPS) is 15.0. The summed E-state index contributed by atoms with van der Waals surface area (Å²) in [5, 5.41) is 6.05. The van der Waals surface area contributed by atoms with Crippen LogP contribution < -0.4 is 10.6 Å². The molecule has 2 N–H and O–H groups in total. The third-order valence-corrected chi connectivity index (χ3v) is 6.13. The lowest BCUT2D eigenvalue weighted by atomic mass is 9.89. The number of carbonyl (C=O) groups excluding carboxylic acids is 2. The number of rotatable bonds is 7. The fraction of sp³-hybridized carbons (Fsp3) is 0.481. The Morgan fingerprint density at radius 1 is 1.06 bits per heavy atom. The molecule has 3 rings (SSSR count). The van der Waals surface area contributed by atoms with Crippen LogP contribution in [0.4, 0.5) is 16.2 Å². The Labute approximate surface area is 203 Å². The summed E-state index contributed by atoms with van der Waals surface area (Å²) in [6, 6.07) is 15.7. The zero-order chi connectivity index (χ0) is 24.7. The highest BCUT2D eigenvalue weighted by atomic mass is 16.6. The van der Waals surface area contributed by atoms with Crippen LogP contribution in [0.1, 0.15) is 55.5 Å². The first-order valence-electron chi connectivity index (χ1n) is 12.0. The smallest absolute Gasteiger partial charge is 0.410 e. The molecular formula is C27H38N4O3. The van der Waals surface area contributed by atoms with Crippen molar-refractivity contribution in [3.05, 3.63) is 59.7 Å². The van der Waals surface area contributed by atoms with E-state index in [-0.39, 0.29) is 12.0 Å². The van der Waals surface area contributed by atoms with Crippen molar-refractivity contribution in [1.82, 2.24) is 9.80 Å². The van der Waals surface area contributed by atoms with Gasteiger partial charge >= 0.3 is 6.09 Å². The molecule has 2 amide bonds. The molecule has 0 bridgehead atoms. The lowest BCUT2D eigenvalue weighted by Crippen LogP contribution is -2.41. The van der Waals surface area contributed by atoms with Crippen LogP contribution in [0.15, 0.2) is 48.5 Å². The van der Waals surface area contributed by atoms with Gasteiger partial charge in [0.2, 0.25) is 0 Å². The summed E-state index contributed by atoms with van der Waals surface area (Å²) < 4.78 is 5.42. The molecule has 0 saturated carbocycles. The van der Waals surface area contributed by atoms with Crippen LogP contribution in [0.5, 0.6) is 0 Å². The summed E-state index contributed by atoms with van der Waals surface area (Å²) in [5.41, 5.74) is 3.06. The Hall–Kier alpha value is -3.06. The number of ether oxygens (including phenoxy) is 1. The van der Waals surface area contributed by atoms with E-state index in [0.717, 1.165) is 43.9 Å². The van der Waals surface area contributed by atoms with Gasteiger partial charge in [-0.15, -0.1) is 0 Å². The number of likely N-dealkylation sites (tertiary alicyclic amines) is 1. The zero-order valence-corrected chi connectivity index (χ0v) is 21.1. The van der Waals surface area contributed by atoms with Gasteiger partial charge in [0.25, 0.3) is 5.91 Å². The highest BCUT2D eigenvalue weighted by Crippen LogP contribution is 2.29. The number of likely N-dealkylation sites (N-methyl/N-ethyl adjacent to an activating group) is 1. The van der Waals surface area contributed by atoms with E-state index in [0.29, 0.717) is 18.0 Å². The maximum Gasteiger partial charge on any atom is 0.410 e. The summed E-state index contributed by atoms with van der Waals surface area (Å²) in [6.45, 7) is 9.16. The Bertz CT molecular complexity index is 961. The van der Waals surface area contributed by atoms with Crippen molar-refractivity contribution in [1.29, 1.82) is 0 Å². The molecule has 0 aromatic heterocycles. The molecule has 1 fully saturated rings. The number of amides is 2.